The Morgan fingerprint density at radius 2 is 1.53 bits per heavy atom. The van der Waals surface area contributed by atoms with Gasteiger partial charge in [0.15, 0.2) is 5.58 Å². The maximum Gasteiger partial charge on any atom is 0.235 e. The van der Waals surface area contributed by atoms with Crippen molar-refractivity contribution in [2.75, 3.05) is 0 Å². The largest absolute Gasteiger partial charge is 0.454 e. The molecule has 0 N–H and O–H groups in total. The first-order valence-electron chi connectivity index (χ1n) is 11.1. The molecular weight excluding hydrogens is 422 g/mol. The quantitative estimate of drug-likeness (QED) is 0.290. The second-order valence-corrected chi connectivity index (χ2v) is 8.38. The highest BCUT2D eigenvalue weighted by molar-refractivity contribution is 6.26. The number of aromatic nitrogens is 5. The Morgan fingerprint density at radius 3 is 2.53 bits per heavy atom. The maximum atomic E-state index is 6.44. The van der Waals surface area contributed by atoms with Crippen LogP contribution in [-0.4, -0.2) is 24.5 Å². The van der Waals surface area contributed by atoms with Crippen molar-refractivity contribution in [1.82, 2.24) is 24.5 Å². The Balaban J connectivity index is 1.64. The first-order valence-corrected chi connectivity index (χ1v) is 11.1. The Kier molecular flexibility index (Phi) is 3.31. The summed E-state index contributed by atoms with van der Waals surface area (Å²) < 4.78 is 8.54. The van der Waals surface area contributed by atoms with Crippen molar-refractivity contribution in [2.24, 2.45) is 0 Å². The number of nitrogens with zero attached hydrogens (tertiary/aromatic N) is 5. The van der Waals surface area contributed by atoms with Crippen molar-refractivity contribution in [3.8, 4) is 5.95 Å². The van der Waals surface area contributed by atoms with Gasteiger partial charge >= 0.3 is 0 Å². The third kappa shape index (κ3) is 2.24. The molecule has 8 aromatic rings. The van der Waals surface area contributed by atoms with Gasteiger partial charge in [0.25, 0.3) is 0 Å². The van der Waals surface area contributed by atoms with Crippen molar-refractivity contribution in [3.63, 3.8) is 0 Å². The van der Waals surface area contributed by atoms with E-state index in [9.17, 15) is 0 Å². The zero-order chi connectivity index (χ0) is 22.2. The number of rotatable bonds is 1. The highest BCUT2D eigenvalue weighted by atomic mass is 16.3. The molecule has 0 saturated carbocycles. The van der Waals surface area contributed by atoms with Gasteiger partial charge in [-0.25, -0.2) is 9.97 Å². The van der Waals surface area contributed by atoms with Gasteiger partial charge in [0.05, 0.1) is 22.1 Å². The average Bonchev–Trinajstić information content (AvgIpc) is 3.44. The molecule has 0 unspecified atom stereocenters. The fraction of sp³-hybridized carbons (Fsp3) is 0. The Labute approximate surface area is 192 Å². The summed E-state index contributed by atoms with van der Waals surface area (Å²) in [6.07, 6.45) is 5.32. The predicted molar refractivity (Wildman–Crippen MR) is 134 cm³/mol. The first kappa shape index (κ1) is 17.7. The summed E-state index contributed by atoms with van der Waals surface area (Å²) in [5.74, 6) is 0.592. The molecule has 0 amide bonds. The highest BCUT2D eigenvalue weighted by Gasteiger charge is 2.22. The van der Waals surface area contributed by atoms with Gasteiger partial charge in [0.1, 0.15) is 11.1 Å². The van der Waals surface area contributed by atoms with Gasteiger partial charge in [-0.15, -0.1) is 0 Å². The van der Waals surface area contributed by atoms with Crippen LogP contribution in [-0.2, 0) is 0 Å². The van der Waals surface area contributed by atoms with Gasteiger partial charge in [-0.2, -0.15) is 0 Å². The molecule has 4 aromatic carbocycles. The van der Waals surface area contributed by atoms with Crippen LogP contribution in [0.1, 0.15) is 0 Å². The van der Waals surface area contributed by atoms with Crippen molar-refractivity contribution in [2.45, 2.75) is 0 Å². The van der Waals surface area contributed by atoms with Gasteiger partial charge in [-0.3, -0.25) is 14.5 Å². The Morgan fingerprint density at radius 1 is 0.676 bits per heavy atom. The summed E-state index contributed by atoms with van der Waals surface area (Å²) in [5, 5.41) is 5.19. The molecule has 0 radical (unpaired) electrons. The second kappa shape index (κ2) is 6.36. The van der Waals surface area contributed by atoms with Crippen LogP contribution in [0.15, 0.2) is 95.8 Å². The van der Waals surface area contributed by atoms with Gasteiger partial charge in [-0.1, -0.05) is 42.5 Å². The van der Waals surface area contributed by atoms with Gasteiger partial charge < -0.3 is 4.42 Å². The molecule has 0 spiro atoms. The lowest BCUT2D eigenvalue weighted by Crippen LogP contribution is -2.01. The van der Waals surface area contributed by atoms with Crippen LogP contribution in [0.2, 0.25) is 0 Å². The Hall–Kier alpha value is -4.84. The molecule has 4 heterocycles. The smallest absolute Gasteiger partial charge is 0.235 e. The standard InChI is InChI=1S/C28H15N5O/c1-3-7-20-16(5-1)15-31-28(32-20)33-22-12-11-21-25(30-14-13-29-21)24(22)19-10-9-18-17-6-2-4-8-23(17)34-27(18)26(19)33/h1-15H. The minimum atomic E-state index is 0.592. The van der Waals surface area contributed by atoms with Gasteiger partial charge in [0.2, 0.25) is 5.95 Å². The fourth-order valence-corrected chi connectivity index (χ4v) is 5.07. The first-order chi connectivity index (χ1) is 16.9. The third-order valence-electron chi connectivity index (χ3n) is 6.55. The predicted octanol–water partition coefficient (Wildman–Crippen LogP) is 6.57. The number of benzene rings is 4. The molecule has 0 aliphatic heterocycles. The van der Waals surface area contributed by atoms with Crippen LogP contribution >= 0.6 is 0 Å². The zero-order valence-electron chi connectivity index (χ0n) is 17.8. The average molecular weight is 437 g/mol. The minimum absolute atomic E-state index is 0.592. The molecule has 0 saturated heterocycles. The van der Waals surface area contributed by atoms with Crippen molar-refractivity contribution >= 4 is 65.7 Å². The number of para-hydroxylation sites is 2. The van der Waals surface area contributed by atoms with E-state index >= 15 is 0 Å². The van der Waals surface area contributed by atoms with Crippen LogP contribution in [0.3, 0.4) is 0 Å². The van der Waals surface area contributed by atoms with E-state index in [1.165, 1.54) is 0 Å². The summed E-state index contributed by atoms with van der Waals surface area (Å²) in [4.78, 5) is 18.9. The second-order valence-electron chi connectivity index (χ2n) is 8.38. The fourth-order valence-electron chi connectivity index (χ4n) is 5.07. The molecular formula is C28H15N5O. The lowest BCUT2D eigenvalue weighted by Gasteiger charge is -2.07. The van der Waals surface area contributed by atoms with Crippen molar-refractivity contribution in [1.29, 1.82) is 0 Å². The van der Waals surface area contributed by atoms with E-state index in [4.69, 9.17) is 19.4 Å². The highest BCUT2D eigenvalue weighted by Crippen LogP contribution is 2.41. The normalized spacial score (nSPS) is 12.1. The number of furan rings is 1. The molecule has 8 rings (SSSR count). The Bertz CT molecular complexity index is 2090. The summed E-state index contributed by atoms with van der Waals surface area (Å²) in [6.45, 7) is 0. The number of hydrogen-bond acceptors (Lipinski definition) is 5. The van der Waals surface area contributed by atoms with Crippen LogP contribution < -0.4 is 0 Å². The summed E-state index contributed by atoms with van der Waals surface area (Å²) in [6, 6.07) is 24.5. The monoisotopic (exact) mass is 437 g/mol. The minimum Gasteiger partial charge on any atom is -0.454 e. The molecule has 6 heteroatoms. The molecule has 0 atom stereocenters. The summed E-state index contributed by atoms with van der Waals surface area (Å²) in [7, 11) is 0. The zero-order valence-corrected chi connectivity index (χ0v) is 17.8. The lowest BCUT2D eigenvalue weighted by molar-refractivity contribution is 0.671. The van der Waals surface area contributed by atoms with Crippen LogP contribution in [0.25, 0.3) is 71.6 Å². The molecule has 158 valence electrons. The van der Waals surface area contributed by atoms with Crippen LogP contribution in [0.5, 0.6) is 0 Å². The SMILES string of the molecule is c1ccc2nc(-n3c4ccc5nccnc5c4c4ccc5c6ccccc6oc5c43)ncc2c1. The summed E-state index contributed by atoms with van der Waals surface area (Å²) >= 11 is 0. The molecule has 0 bridgehead atoms. The molecule has 0 fully saturated rings. The van der Waals surface area contributed by atoms with Gasteiger partial charge in [-0.05, 0) is 30.3 Å². The molecule has 6 nitrogen and oxygen atoms in total. The van der Waals surface area contributed by atoms with Gasteiger partial charge in [0, 0.05) is 45.5 Å². The van der Waals surface area contributed by atoms with E-state index < -0.39 is 0 Å². The van der Waals surface area contributed by atoms with E-state index in [-0.39, 0.29) is 0 Å². The summed E-state index contributed by atoms with van der Waals surface area (Å²) in [5.41, 5.74) is 6.14. The maximum absolute atomic E-state index is 6.44. The van der Waals surface area contributed by atoms with Crippen LogP contribution in [0.4, 0.5) is 0 Å². The molecule has 4 aromatic heterocycles. The molecule has 0 aliphatic rings. The third-order valence-corrected chi connectivity index (χ3v) is 6.55. The van der Waals surface area contributed by atoms with Crippen molar-refractivity contribution < 1.29 is 4.42 Å². The molecule has 34 heavy (non-hydrogen) atoms. The van der Waals surface area contributed by atoms with Crippen molar-refractivity contribution in [3.05, 3.63) is 91.4 Å². The van der Waals surface area contributed by atoms with E-state index in [2.05, 4.69) is 33.8 Å². The van der Waals surface area contributed by atoms with E-state index in [0.29, 0.717) is 5.95 Å². The topological polar surface area (TPSA) is 69.6 Å². The van der Waals surface area contributed by atoms with E-state index in [0.717, 1.165) is 65.7 Å². The molecule has 0 aliphatic carbocycles. The lowest BCUT2D eigenvalue weighted by atomic mass is 10.1. The van der Waals surface area contributed by atoms with E-state index in [1.807, 2.05) is 54.7 Å². The van der Waals surface area contributed by atoms with Crippen LogP contribution in [0, 0.1) is 0 Å². The van der Waals surface area contributed by atoms with E-state index in [1.54, 1.807) is 12.4 Å². The number of hydrogen-bond donors (Lipinski definition) is 0. The number of fused-ring (bicyclic) bond motifs is 10.